The monoisotopic (exact) mass is 454 g/mol. The molecule has 2 N–H and O–H groups in total. The van der Waals surface area contributed by atoms with Crippen LogP contribution in [0.1, 0.15) is 46.0 Å². The van der Waals surface area contributed by atoms with Gasteiger partial charge in [-0.15, -0.1) is 12.4 Å². The zero-order valence-corrected chi connectivity index (χ0v) is 19.8. The van der Waals surface area contributed by atoms with Crippen LogP contribution in [0.3, 0.4) is 0 Å². The molecule has 1 aliphatic rings. The summed E-state index contributed by atoms with van der Waals surface area (Å²) in [5.41, 5.74) is 7.52. The van der Waals surface area contributed by atoms with Gasteiger partial charge in [-0.25, -0.2) is 8.42 Å². The molecule has 166 valence electrons. The average molecular weight is 455 g/mol. The fraction of sp³-hybridized carbons (Fsp3) is 0.524. The second-order valence-corrected chi connectivity index (χ2v) is 10.2. The highest BCUT2D eigenvalue weighted by Gasteiger charge is 2.44. The van der Waals surface area contributed by atoms with Crippen molar-refractivity contribution in [1.82, 2.24) is 9.78 Å². The van der Waals surface area contributed by atoms with Crippen LogP contribution in [0, 0.1) is 5.41 Å². The van der Waals surface area contributed by atoms with Gasteiger partial charge in [0.25, 0.3) is 0 Å². The molecule has 3 rings (SSSR count). The topological polar surface area (TPSA) is 98.3 Å². The highest BCUT2D eigenvalue weighted by atomic mass is 35.5. The van der Waals surface area contributed by atoms with Crippen LogP contribution in [0.15, 0.2) is 34.1 Å². The second kappa shape index (κ2) is 8.69. The number of sulfone groups is 1. The number of amides is 1. The molecule has 0 saturated carbocycles. The zero-order valence-electron chi connectivity index (χ0n) is 18.2. The van der Waals surface area contributed by atoms with Gasteiger partial charge in [0.2, 0.25) is 15.7 Å². The minimum atomic E-state index is -3.73. The molecular weight excluding hydrogens is 424 g/mol. The number of benzene rings is 1. The van der Waals surface area contributed by atoms with Gasteiger partial charge in [-0.2, -0.15) is 5.10 Å². The summed E-state index contributed by atoms with van der Waals surface area (Å²) in [6.07, 6.45) is 1.06. The first-order chi connectivity index (χ1) is 13.5. The summed E-state index contributed by atoms with van der Waals surface area (Å²) >= 11 is 0. The molecule has 1 atom stereocenters. The van der Waals surface area contributed by atoms with Crippen LogP contribution >= 0.6 is 12.4 Å². The van der Waals surface area contributed by atoms with Gasteiger partial charge in [-0.3, -0.25) is 9.48 Å². The van der Waals surface area contributed by atoms with E-state index in [2.05, 4.69) is 5.10 Å². The zero-order chi connectivity index (χ0) is 21.6. The van der Waals surface area contributed by atoms with E-state index in [0.717, 1.165) is 0 Å². The van der Waals surface area contributed by atoms with Gasteiger partial charge < -0.3 is 10.6 Å². The lowest BCUT2D eigenvalue weighted by Crippen LogP contribution is -2.58. The van der Waals surface area contributed by atoms with Crippen LogP contribution in [0.4, 0.5) is 5.69 Å². The number of aromatic nitrogens is 2. The SMILES string of the molecule is CCc1nn(C[C@H](C)N)c(CC)c1S(=O)(=O)c1ccc(N2CC(C)(C)C2=O)cc1.Cl. The molecule has 0 unspecified atom stereocenters. The maximum Gasteiger partial charge on any atom is 0.234 e. The van der Waals surface area contributed by atoms with E-state index in [1.165, 1.54) is 0 Å². The standard InChI is InChI=1S/C21H30N4O3S.ClH/c1-6-17-19(18(7-2)25(23-17)12-14(3)22)29(27,28)16-10-8-15(9-11-16)24-13-21(4,5)20(24)26;/h8-11,14H,6-7,12-13,22H2,1-5H3;1H/t14-;/m0./s1. The van der Waals surface area contributed by atoms with Gasteiger partial charge in [0, 0.05) is 18.3 Å². The third-order valence-electron chi connectivity index (χ3n) is 5.31. The maximum atomic E-state index is 13.5. The number of nitrogens with two attached hydrogens (primary N) is 1. The van der Waals surface area contributed by atoms with Crippen molar-refractivity contribution >= 4 is 33.8 Å². The van der Waals surface area contributed by atoms with E-state index in [1.54, 1.807) is 33.8 Å². The summed E-state index contributed by atoms with van der Waals surface area (Å²) < 4.78 is 28.6. The first-order valence-electron chi connectivity index (χ1n) is 10.0. The minimum absolute atomic E-state index is 0. The smallest absolute Gasteiger partial charge is 0.234 e. The summed E-state index contributed by atoms with van der Waals surface area (Å²) in [6, 6.07) is 6.42. The quantitative estimate of drug-likeness (QED) is 0.648. The van der Waals surface area contributed by atoms with Gasteiger partial charge >= 0.3 is 0 Å². The Kier molecular flexibility index (Phi) is 7.06. The number of halogens is 1. The first kappa shape index (κ1) is 24.4. The molecule has 7 nitrogen and oxygen atoms in total. The van der Waals surface area contributed by atoms with Crippen molar-refractivity contribution in [3.8, 4) is 0 Å². The molecule has 1 fully saturated rings. The number of rotatable bonds is 7. The van der Waals surface area contributed by atoms with Crippen molar-refractivity contribution < 1.29 is 13.2 Å². The van der Waals surface area contributed by atoms with Crippen molar-refractivity contribution in [3.05, 3.63) is 35.7 Å². The fourth-order valence-electron chi connectivity index (χ4n) is 3.78. The van der Waals surface area contributed by atoms with E-state index in [0.29, 0.717) is 43.0 Å². The Morgan fingerprint density at radius 3 is 2.20 bits per heavy atom. The minimum Gasteiger partial charge on any atom is -0.326 e. The Morgan fingerprint density at radius 1 is 1.17 bits per heavy atom. The normalized spacial score (nSPS) is 16.7. The van der Waals surface area contributed by atoms with Gasteiger partial charge in [-0.05, 0) is 57.9 Å². The van der Waals surface area contributed by atoms with Crippen molar-refractivity contribution in [2.75, 3.05) is 11.4 Å². The molecule has 1 saturated heterocycles. The van der Waals surface area contributed by atoms with Crippen LogP contribution in [-0.4, -0.2) is 36.7 Å². The number of carbonyl (C=O) groups excluding carboxylic acids is 1. The molecule has 1 aromatic carbocycles. The number of carbonyl (C=O) groups is 1. The Hall–Kier alpha value is -1.90. The van der Waals surface area contributed by atoms with Crippen LogP contribution < -0.4 is 10.6 Å². The Bertz CT molecular complexity index is 1030. The average Bonchev–Trinajstić information content (AvgIpc) is 3.03. The summed E-state index contributed by atoms with van der Waals surface area (Å²) in [7, 11) is -3.73. The van der Waals surface area contributed by atoms with Crippen LogP contribution in [0.25, 0.3) is 0 Å². The van der Waals surface area contributed by atoms with Gasteiger partial charge in [-0.1, -0.05) is 13.8 Å². The van der Waals surface area contributed by atoms with Crippen LogP contribution in [0.5, 0.6) is 0 Å². The van der Waals surface area contributed by atoms with E-state index >= 15 is 0 Å². The number of anilines is 1. The summed E-state index contributed by atoms with van der Waals surface area (Å²) in [5.74, 6) is 0.0480. The van der Waals surface area contributed by atoms with Crippen molar-refractivity contribution in [1.29, 1.82) is 0 Å². The molecule has 0 aliphatic carbocycles. The predicted octanol–water partition coefficient (Wildman–Crippen LogP) is 2.98. The predicted molar refractivity (Wildman–Crippen MR) is 120 cm³/mol. The lowest BCUT2D eigenvalue weighted by molar-refractivity contribution is -0.132. The lowest BCUT2D eigenvalue weighted by Gasteiger charge is -2.44. The molecule has 9 heteroatoms. The van der Waals surface area contributed by atoms with E-state index in [4.69, 9.17) is 5.73 Å². The van der Waals surface area contributed by atoms with Gasteiger partial charge in [0.15, 0.2) is 0 Å². The second-order valence-electron chi connectivity index (χ2n) is 8.36. The largest absolute Gasteiger partial charge is 0.326 e. The molecule has 0 bridgehead atoms. The molecule has 1 aliphatic heterocycles. The molecule has 30 heavy (non-hydrogen) atoms. The van der Waals surface area contributed by atoms with E-state index in [9.17, 15) is 13.2 Å². The van der Waals surface area contributed by atoms with Crippen molar-refractivity contribution in [3.63, 3.8) is 0 Å². The molecular formula is C21H31ClN4O3S. The van der Waals surface area contributed by atoms with Gasteiger partial charge in [0.05, 0.1) is 28.2 Å². The number of nitrogens with zero attached hydrogens (tertiary/aromatic N) is 3. The summed E-state index contributed by atoms with van der Waals surface area (Å²) in [4.78, 5) is 14.4. The number of β-lactam (4-membered cyclic amide) rings is 1. The Morgan fingerprint density at radius 2 is 1.77 bits per heavy atom. The lowest BCUT2D eigenvalue weighted by atomic mass is 9.83. The fourth-order valence-corrected chi connectivity index (χ4v) is 5.57. The van der Waals surface area contributed by atoms with Crippen LogP contribution in [-0.2, 0) is 34.0 Å². The highest BCUT2D eigenvalue weighted by molar-refractivity contribution is 7.91. The third kappa shape index (κ3) is 4.13. The molecule has 2 aromatic rings. The van der Waals surface area contributed by atoms with Crippen molar-refractivity contribution in [2.24, 2.45) is 11.1 Å². The van der Waals surface area contributed by atoms with E-state index < -0.39 is 9.84 Å². The van der Waals surface area contributed by atoms with E-state index in [1.807, 2.05) is 34.6 Å². The summed E-state index contributed by atoms with van der Waals surface area (Å²) in [6.45, 7) is 10.6. The third-order valence-corrected chi connectivity index (χ3v) is 7.21. The van der Waals surface area contributed by atoms with Gasteiger partial charge in [0.1, 0.15) is 4.90 Å². The summed E-state index contributed by atoms with van der Waals surface area (Å²) in [5, 5.41) is 4.53. The van der Waals surface area contributed by atoms with Crippen LogP contribution in [0.2, 0.25) is 0 Å². The first-order valence-corrected chi connectivity index (χ1v) is 11.5. The molecule has 0 spiro atoms. The molecule has 1 aromatic heterocycles. The highest BCUT2D eigenvalue weighted by Crippen LogP contribution is 2.36. The number of hydrogen-bond donors (Lipinski definition) is 1. The van der Waals surface area contributed by atoms with E-state index in [-0.39, 0.29) is 39.6 Å². The molecule has 1 amide bonds. The maximum absolute atomic E-state index is 13.5. The van der Waals surface area contributed by atoms with Crippen molar-refractivity contribution in [2.45, 2.75) is 69.8 Å². The number of aryl methyl sites for hydroxylation is 1. The Labute approximate surface area is 185 Å². The Balaban J connectivity index is 0.00000320. The molecule has 0 radical (unpaired) electrons. The molecule has 2 heterocycles. The number of hydrogen-bond acceptors (Lipinski definition) is 5.